The second-order valence-corrected chi connectivity index (χ2v) is 5.31. The fraction of sp³-hybridized carbons (Fsp3) is 0.385. The van der Waals surface area contributed by atoms with Crippen LogP contribution in [0.15, 0.2) is 24.3 Å². The van der Waals surface area contributed by atoms with Gasteiger partial charge in [0.2, 0.25) is 0 Å². The highest BCUT2D eigenvalue weighted by atomic mass is 32.1. The number of hydrazine groups is 1. The Morgan fingerprint density at radius 1 is 1.41 bits per heavy atom. The molecule has 17 heavy (non-hydrogen) atoms. The lowest BCUT2D eigenvalue weighted by Crippen LogP contribution is -2.27. The van der Waals surface area contributed by atoms with E-state index in [1.807, 2.05) is 6.07 Å². The number of fused-ring (bicyclic) bond motifs is 1. The van der Waals surface area contributed by atoms with E-state index in [-0.39, 0.29) is 11.9 Å². The third-order valence-corrected chi connectivity index (χ3v) is 4.10. The van der Waals surface area contributed by atoms with Crippen LogP contribution in [0.25, 0.3) is 10.1 Å². The molecule has 92 valence electrons. The van der Waals surface area contributed by atoms with Crippen molar-refractivity contribution in [2.75, 3.05) is 0 Å². The largest absolute Gasteiger partial charge is 0.271 e. The molecule has 0 radical (unpaired) electrons. The molecule has 1 heterocycles. The lowest BCUT2D eigenvalue weighted by molar-refractivity contribution is 0.502. The van der Waals surface area contributed by atoms with E-state index in [0.29, 0.717) is 0 Å². The lowest BCUT2D eigenvalue weighted by atomic mass is 10.1. The molecule has 0 aliphatic rings. The molecule has 0 spiro atoms. The molecule has 3 N–H and O–H groups in total. The molecule has 2 nitrogen and oxygen atoms in total. The van der Waals surface area contributed by atoms with Crippen LogP contribution in [-0.4, -0.2) is 0 Å². The van der Waals surface area contributed by atoms with Crippen LogP contribution < -0.4 is 11.3 Å². The first kappa shape index (κ1) is 12.5. The SMILES string of the molecule is CCCCC(NN)c1cc2ccc(F)cc2s1. The molecule has 0 amide bonds. The van der Waals surface area contributed by atoms with Gasteiger partial charge >= 0.3 is 0 Å². The normalized spacial score (nSPS) is 13.1. The minimum Gasteiger partial charge on any atom is -0.271 e. The van der Waals surface area contributed by atoms with Crippen LogP contribution >= 0.6 is 11.3 Å². The number of unbranched alkanes of at least 4 members (excludes halogenated alkanes) is 1. The van der Waals surface area contributed by atoms with E-state index in [2.05, 4.69) is 18.4 Å². The highest BCUT2D eigenvalue weighted by Crippen LogP contribution is 2.32. The lowest BCUT2D eigenvalue weighted by Gasteiger charge is -2.12. The van der Waals surface area contributed by atoms with Crippen LogP contribution in [0, 0.1) is 5.82 Å². The average Bonchev–Trinajstić information content (AvgIpc) is 2.72. The van der Waals surface area contributed by atoms with Crippen molar-refractivity contribution in [1.82, 2.24) is 5.43 Å². The molecule has 0 saturated carbocycles. The van der Waals surface area contributed by atoms with E-state index >= 15 is 0 Å². The van der Waals surface area contributed by atoms with Crippen molar-refractivity contribution in [3.8, 4) is 0 Å². The summed E-state index contributed by atoms with van der Waals surface area (Å²) in [6.07, 6.45) is 3.30. The number of hydrogen-bond donors (Lipinski definition) is 2. The van der Waals surface area contributed by atoms with Gasteiger partial charge in [0.15, 0.2) is 0 Å². The Bertz CT molecular complexity index is 495. The molecular weight excluding hydrogens is 235 g/mol. The van der Waals surface area contributed by atoms with Crippen molar-refractivity contribution in [1.29, 1.82) is 0 Å². The number of nitrogens with two attached hydrogens (primary N) is 1. The predicted molar refractivity (Wildman–Crippen MR) is 71.4 cm³/mol. The van der Waals surface area contributed by atoms with Gasteiger partial charge in [-0.2, -0.15) is 0 Å². The first-order valence-electron chi connectivity index (χ1n) is 5.89. The maximum absolute atomic E-state index is 13.1. The molecule has 1 aromatic carbocycles. The maximum atomic E-state index is 13.1. The van der Waals surface area contributed by atoms with Crippen LogP contribution in [0.3, 0.4) is 0 Å². The standard InChI is InChI=1S/C13H17FN2S/c1-2-3-4-11(16-15)13-7-9-5-6-10(14)8-12(9)17-13/h5-8,11,16H,2-4,15H2,1H3. The number of halogens is 1. The summed E-state index contributed by atoms with van der Waals surface area (Å²) in [6, 6.07) is 7.17. The highest BCUT2D eigenvalue weighted by molar-refractivity contribution is 7.19. The van der Waals surface area contributed by atoms with E-state index in [9.17, 15) is 4.39 Å². The van der Waals surface area contributed by atoms with E-state index in [1.165, 1.54) is 10.9 Å². The minimum atomic E-state index is -0.184. The fourth-order valence-corrected chi connectivity index (χ4v) is 3.10. The molecule has 2 aromatic rings. The summed E-state index contributed by atoms with van der Waals surface area (Å²) in [7, 11) is 0. The Balaban J connectivity index is 2.27. The summed E-state index contributed by atoms with van der Waals surface area (Å²) in [4.78, 5) is 1.18. The number of nitrogens with one attached hydrogen (secondary N) is 1. The zero-order valence-electron chi connectivity index (χ0n) is 9.87. The summed E-state index contributed by atoms with van der Waals surface area (Å²) in [5.74, 6) is 5.40. The van der Waals surface area contributed by atoms with Gasteiger partial charge in [-0.25, -0.2) is 4.39 Å². The van der Waals surface area contributed by atoms with Crippen LogP contribution in [0.1, 0.15) is 37.1 Å². The van der Waals surface area contributed by atoms with Gasteiger partial charge in [-0.3, -0.25) is 11.3 Å². The van der Waals surface area contributed by atoms with Crippen LogP contribution in [0.5, 0.6) is 0 Å². The molecule has 0 bridgehead atoms. The van der Waals surface area contributed by atoms with Crippen molar-refractivity contribution in [3.05, 3.63) is 35.0 Å². The van der Waals surface area contributed by atoms with Crippen molar-refractivity contribution in [2.45, 2.75) is 32.2 Å². The molecule has 2 rings (SSSR count). The Morgan fingerprint density at radius 2 is 2.24 bits per heavy atom. The molecule has 0 aliphatic carbocycles. The molecule has 0 aliphatic heterocycles. The monoisotopic (exact) mass is 252 g/mol. The molecule has 1 atom stereocenters. The van der Waals surface area contributed by atoms with Crippen LogP contribution in [0.4, 0.5) is 4.39 Å². The third kappa shape index (κ3) is 2.83. The zero-order chi connectivity index (χ0) is 12.3. The summed E-state index contributed by atoms with van der Waals surface area (Å²) in [6.45, 7) is 2.16. The second kappa shape index (κ2) is 5.58. The smallest absolute Gasteiger partial charge is 0.124 e. The quantitative estimate of drug-likeness (QED) is 0.628. The number of rotatable bonds is 5. The highest BCUT2D eigenvalue weighted by Gasteiger charge is 2.12. The molecule has 1 aromatic heterocycles. The van der Waals surface area contributed by atoms with Gasteiger partial charge in [0.1, 0.15) is 5.82 Å². The van der Waals surface area contributed by atoms with Gasteiger partial charge in [-0.1, -0.05) is 25.8 Å². The van der Waals surface area contributed by atoms with Crippen molar-refractivity contribution < 1.29 is 4.39 Å². The first-order chi connectivity index (χ1) is 8.24. The van der Waals surface area contributed by atoms with Gasteiger partial charge < -0.3 is 0 Å². The van der Waals surface area contributed by atoms with Crippen molar-refractivity contribution >= 4 is 21.4 Å². The van der Waals surface area contributed by atoms with E-state index < -0.39 is 0 Å². The molecule has 0 saturated heterocycles. The second-order valence-electron chi connectivity index (χ2n) is 4.19. The summed E-state index contributed by atoms with van der Waals surface area (Å²) in [5, 5.41) is 1.09. The minimum absolute atomic E-state index is 0.176. The zero-order valence-corrected chi connectivity index (χ0v) is 10.7. The van der Waals surface area contributed by atoms with Crippen LogP contribution in [-0.2, 0) is 0 Å². The maximum Gasteiger partial charge on any atom is 0.124 e. The van der Waals surface area contributed by atoms with Gasteiger partial charge in [0.25, 0.3) is 0 Å². The van der Waals surface area contributed by atoms with Gasteiger partial charge in [0, 0.05) is 9.58 Å². The topological polar surface area (TPSA) is 38.0 Å². The summed E-state index contributed by atoms with van der Waals surface area (Å²) in [5.41, 5.74) is 2.85. The number of benzene rings is 1. The molecule has 4 heteroatoms. The number of hydrogen-bond acceptors (Lipinski definition) is 3. The summed E-state index contributed by atoms with van der Waals surface area (Å²) < 4.78 is 14.1. The Morgan fingerprint density at radius 3 is 2.94 bits per heavy atom. The molecule has 1 unspecified atom stereocenters. The molecular formula is C13H17FN2S. The van der Waals surface area contributed by atoms with Gasteiger partial charge in [0.05, 0.1) is 6.04 Å². The van der Waals surface area contributed by atoms with Gasteiger partial charge in [-0.15, -0.1) is 11.3 Å². The van der Waals surface area contributed by atoms with E-state index in [4.69, 9.17) is 5.84 Å². The predicted octanol–water partition coefficient (Wildman–Crippen LogP) is 3.74. The summed E-state index contributed by atoms with van der Waals surface area (Å²) >= 11 is 1.61. The van der Waals surface area contributed by atoms with E-state index in [1.54, 1.807) is 17.4 Å². The van der Waals surface area contributed by atoms with Crippen molar-refractivity contribution in [3.63, 3.8) is 0 Å². The Labute approximate surface area is 105 Å². The van der Waals surface area contributed by atoms with Gasteiger partial charge in [-0.05, 0) is 30.0 Å². The molecule has 0 fully saturated rings. The Hall–Kier alpha value is -0.970. The van der Waals surface area contributed by atoms with Crippen molar-refractivity contribution in [2.24, 2.45) is 5.84 Å². The van der Waals surface area contributed by atoms with Crippen LogP contribution in [0.2, 0.25) is 0 Å². The Kier molecular flexibility index (Phi) is 4.10. The third-order valence-electron chi connectivity index (χ3n) is 2.89. The first-order valence-corrected chi connectivity index (χ1v) is 6.71. The average molecular weight is 252 g/mol. The van der Waals surface area contributed by atoms with E-state index in [0.717, 1.165) is 29.3 Å². The fourth-order valence-electron chi connectivity index (χ4n) is 1.91. The number of thiophene rings is 1.